The van der Waals surface area contributed by atoms with Gasteiger partial charge >= 0.3 is 0 Å². The number of ether oxygens (including phenoxy) is 2. The lowest BCUT2D eigenvalue weighted by molar-refractivity contribution is 0.0834. The van der Waals surface area contributed by atoms with Gasteiger partial charge in [0.1, 0.15) is 11.6 Å². The molecular formula is C24H23BrN6O4. The van der Waals surface area contributed by atoms with E-state index < -0.39 is 0 Å². The molecule has 1 saturated heterocycles. The quantitative estimate of drug-likeness (QED) is 0.424. The van der Waals surface area contributed by atoms with Crippen molar-refractivity contribution in [2.24, 2.45) is 0 Å². The fourth-order valence-electron chi connectivity index (χ4n) is 5.05. The maximum Gasteiger partial charge on any atom is 0.294 e. The minimum atomic E-state index is -0.348. The number of methoxy groups -OCH3 is 1. The largest absolute Gasteiger partial charge is 0.381 e. The third kappa shape index (κ3) is 3.74. The molecule has 0 unspecified atom stereocenters. The van der Waals surface area contributed by atoms with Crippen molar-refractivity contribution in [1.29, 1.82) is 0 Å². The van der Waals surface area contributed by atoms with E-state index in [-0.39, 0.29) is 29.6 Å². The summed E-state index contributed by atoms with van der Waals surface area (Å²) in [5.74, 6) is 1.36. The molecule has 1 aromatic carbocycles. The molecule has 0 saturated carbocycles. The molecule has 1 fully saturated rings. The third-order valence-electron chi connectivity index (χ3n) is 6.73. The standard InChI is InChI=1S/C24H23BrN6O4/c1-34-12-15-9-19-18(10-17(15)24(33)30-5-2-14-8-16(25)11-26-20(14)30)27-23(32)22-29-28-21(31(19)22)13-3-6-35-7-4-13/h8-11,13H,2-7,12H2,1H3,(H,27,32). The molecule has 0 spiro atoms. The maximum atomic E-state index is 13.7. The number of amides is 1. The zero-order valence-corrected chi connectivity index (χ0v) is 20.7. The number of aromatic nitrogens is 5. The molecule has 4 aromatic rings. The van der Waals surface area contributed by atoms with Crippen molar-refractivity contribution in [3.63, 3.8) is 0 Å². The van der Waals surface area contributed by atoms with Crippen LogP contribution in [0.1, 0.15) is 46.1 Å². The zero-order chi connectivity index (χ0) is 24.1. The summed E-state index contributed by atoms with van der Waals surface area (Å²) in [5, 5.41) is 8.56. The van der Waals surface area contributed by atoms with Gasteiger partial charge in [-0.05, 0) is 64.5 Å². The molecule has 0 aliphatic carbocycles. The number of pyridine rings is 1. The number of nitrogens with one attached hydrogen (secondary N) is 1. The molecule has 1 N–H and O–H groups in total. The summed E-state index contributed by atoms with van der Waals surface area (Å²) < 4.78 is 13.7. The van der Waals surface area contributed by atoms with E-state index in [2.05, 4.69) is 36.1 Å². The molecule has 6 rings (SSSR count). The Kier molecular flexibility index (Phi) is 5.62. The van der Waals surface area contributed by atoms with Crippen LogP contribution in [0.2, 0.25) is 0 Å². The smallest absolute Gasteiger partial charge is 0.294 e. The number of hydrogen-bond donors (Lipinski definition) is 1. The van der Waals surface area contributed by atoms with Crippen molar-refractivity contribution < 1.29 is 14.3 Å². The fraction of sp³-hybridized carbons (Fsp3) is 0.375. The van der Waals surface area contributed by atoms with Crippen molar-refractivity contribution in [2.75, 3.05) is 31.8 Å². The van der Waals surface area contributed by atoms with Crippen LogP contribution >= 0.6 is 15.9 Å². The van der Waals surface area contributed by atoms with Crippen LogP contribution in [0.15, 0.2) is 33.7 Å². The molecule has 5 heterocycles. The highest BCUT2D eigenvalue weighted by Gasteiger charge is 2.30. The number of rotatable bonds is 4. The van der Waals surface area contributed by atoms with Crippen LogP contribution in [0.4, 0.5) is 5.82 Å². The molecule has 0 atom stereocenters. The van der Waals surface area contributed by atoms with Gasteiger partial charge in [-0.1, -0.05) is 0 Å². The van der Waals surface area contributed by atoms with Gasteiger partial charge < -0.3 is 14.5 Å². The lowest BCUT2D eigenvalue weighted by Gasteiger charge is -2.21. The highest BCUT2D eigenvalue weighted by molar-refractivity contribution is 9.10. The zero-order valence-electron chi connectivity index (χ0n) is 19.1. The first-order chi connectivity index (χ1) is 17.0. The van der Waals surface area contributed by atoms with Crippen molar-refractivity contribution in [3.8, 4) is 0 Å². The van der Waals surface area contributed by atoms with Crippen LogP contribution in [-0.4, -0.2) is 57.3 Å². The van der Waals surface area contributed by atoms with E-state index in [9.17, 15) is 9.59 Å². The van der Waals surface area contributed by atoms with Crippen molar-refractivity contribution in [3.05, 3.63) is 61.7 Å². The van der Waals surface area contributed by atoms with Gasteiger partial charge in [0.25, 0.3) is 11.5 Å². The van der Waals surface area contributed by atoms with Gasteiger partial charge in [0, 0.05) is 49.0 Å². The number of nitrogens with zero attached hydrogens (tertiary/aromatic N) is 5. The Morgan fingerprint density at radius 3 is 2.89 bits per heavy atom. The Morgan fingerprint density at radius 2 is 2.09 bits per heavy atom. The van der Waals surface area contributed by atoms with Gasteiger partial charge in [-0.25, -0.2) is 4.98 Å². The number of benzene rings is 1. The van der Waals surface area contributed by atoms with Crippen LogP contribution < -0.4 is 10.5 Å². The SMILES string of the molecule is COCc1cc2c(cc1C(=O)N1CCc3cc(Br)cnc31)[nH]c(=O)c1nnc(C3CCOCC3)n12. The minimum absolute atomic E-state index is 0.141. The molecule has 2 aliphatic heterocycles. The molecule has 180 valence electrons. The fourth-order valence-corrected chi connectivity index (χ4v) is 5.43. The number of hydrogen-bond acceptors (Lipinski definition) is 7. The topological polar surface area (TPSA) is 115 Å². The van der Waals surface area contributed by atoms with E-state index >= 15 is 0 Å². The summed E-state index contributed by atoms with van der Waals surface area (Å²) in [5.41, 5.74) is 3.37. The molecule has 0 radical (unpaired) electrons. The Hall–Kier alpha value is -3.15. The second-order valence-electron chi connectivity index (χ2n) is 8.86. The lowest BCUT2D eigenvalue weighted by Crippen LogP contribution is -2.30. The van der Waals surface area contributed by atoms with Crippen LogP contribution in [0.25, 0.3) is 16.7 Å². The van der Waals surface area contributed by atoms with E-state index in [1.807, 2.05) is 16.5 Å². The van der Waals surface area contributed by atoms with Crippen molar-refractivity contribution >= 4 is 44.3 Å². The highest BCUT2D eigenvalue weighted by atomic mass is 79.9. The maximum absolute atomic E-state index is 13.7. The van der Waals surface area contributed by atoms with Crippen LogP contribution in [0.3, 0.4) is 0 Å². The molecular weight excluding hydrogens is 516 g/mol. The first-order valence-corrected chi connectivity index (χ1v) is 12.3. The summed E-state index contributed by atoms with van der Waals surface area (Å²) in [6.45, 7) is 2.07. The summed E-state index contributed by atoms with van der Waals surface area (Å²) in [6, 6.07) is 5.62. The highest BCUT2D eigenvalue weighted by Crippen LogP contribution is 2.32. The summed E-state index contributed by atoms with van der Waals surface area (Å²) in [7, 11) is 1.59. The van der Waals surface area contributed by atoms with E-state index in [1.165, 1.54) is 0 Å². The molecule has 11 heteroatoms. The normalized spacial score (nSPS) is 16.3. The second-order valence-corrected chi connectivity index (χ2v) is 9.78. The molecule has 35 heavy (non-hydrogen) atoms. The van der Waals surface area contributed by atoms with Gasteiger partial charge in [-0.2, -0.15) is 0 Å². The average Bonchev–Trinajstić information content (AvgIpc) is 3.49. The minimum Gasteiger partial charge on any atom is -0.381 e. The van der Waals surface area contributed by atoms with Crippen LogP contribution in [0.5, 0.6) is 0 Å². The Balaban J connectivity index is 1.51. The molecule has 0 bridgehead atoms. The van der Waals surface area contributed by atoms with Crippen molar-refractivity contribution in [1.82, 2.24) is 24.6 Å². The number of aromatic amines is 1. The molecule has 1 amide bonds. The van der Waals surface area contributed by atoms with Crippen LogP contribution in [0, 0.1) is 0 Å². The van der Waals surface area contributed by atoms with Gasteiger partial charge in [0.05, 0.1) is 17.6 Å². The number of carbonyl (C=O) groups excluding carboxylic acids is 1. The second kappa shape index (κ2) is 8.81. The van der Waals surface area contributed by atoms with E-state index in [0.29, 0.717) is 36.7 Å². The van der Waals surface area contributed by atoms with E-state index in [1.54, 1.807) is 24.3 Å². The predicted molar refractivity (Wildman–Crippen MR) is 132 cm³/mol. The Labute approximate surface area is 208 Å². The number of halogens is 1. The number of carbonyl (C=O) groups is 1. The first-order valence-electron chi connectivity index (χ1n) is 11.5. The predicted octanol–water partition coefficient (Wildman–Crippen LogP) is 2.97. The van der Waals surface area contributed by atoms with Crippen molar-refractivity contribution in [2.45, 2.75) is 31.8 Å². The monoisotopic (exact) mass is 538 g/mol. The molecule has 10 nitrogen and oxygen atoms in total. The number of anilines is 1. The summed E-state index contributed by atoms with van der Waals surface area (Å²) in [4.78, 5) is 35.7. The van der Waals surface area contributed by atoms with Gasteiger partial charge in [0.15, 0.2) is 0 Å². The lowest BCUT2D eigenvalue weighted by atomic mass is 9.99. The number of H-pyrrole nitrogens is 1. The van der Waals surface area contributed by atoms with Gasteiger partial charge in [-0.3, -0.25) is 18.9 Å². The third-order valence-corrected chi connectivity index (χ3v) is 7.17. The summed E-state index contributed by atoms with van der Waals surface area (Å²) >= 11 is 3.45. The Bertz CT molecular complexity index is 1520. The van der Waals surface area contributed by atoms with Gasteiger partial charge in [0.2, 0.25) is 5.65 Å². The first kappa shape index (κ1) is 22.3. The number of fused-ring (bicyclic) bond motifs is 4. The van der Waals surface area contributed by atoms with E-state index in [4.69, 9.17) is 9.47 Å². The van der Waals surface area contributed by atoms with E-state index in [0.717, 1.165) is 46.2 Å². The molecule has 2 aliphatic rings. The van der Waals surface area contributed by atoms with Crippen LogP contribution in [-0.2, 0) is 22.5 Å². The Morgan fingerprint density at radius 1 is 1.26 bits per heavy atom. The summed E-state index contributed by atoms with van der Waals surface area (Å²) in [6.07, 6.45) is 4.05. The van der Waals surface area contributed by atoms with Gasteiger partial charge in [-0.15, -0.1) is 10.2 Å². The molecule has 3 aromatic heterocycles. The average molecular weight is 539 g/mol.